The van der Waals surface area contributed by atoms with E-state index in [1.165, 1.54) is 32.3 Å². The van der Waals surface area contributed by atoms with Crippen LogP contribution in [0.4, 0.5) is 0 Å². The number of hydrogen-bond donors (Lipinski definition) is 1. The van der Waals surface area contributed by atoms with Crippen LogP contribution >= 0.6 is 11.6 Å². The molecule has 0 radical (unpaired) electrons. The summed E-state index contributed by atoms with van der Waals surface area (Å²) < 4.78 is 0. The monoisotopic (exact) mass is 242 g/mol. The number of carbonyl (C=O) groups is 2. The van der Waals surface area contributed by atoms with E-state index in [4.69, 9.17) is 16.7 Å². The Hall–Kier alpha value is -1.62. The number of carbonyl (C=O) groups excluding carboxylic acids is 1. The first-order valence-corrected chi connectivity index (χ1v) is 4.93. The quantitative estimate of drug-likeness (QED) is 0.811. The van der Waals surface area contributed by atoms with Crippen molar-refractivity contribution >= 4 is 23.5 Å². The molecule has 1 unspecified atom stereocenters. The van der Waals surface area contributed by atoms with Crippen LogP contribution in [0.5, 0.6) is 0 Å². The number of amides is 1. The summed E-state index contributed by atoms with van der Waals surface area (Å²) in [6.45, 7) is 1.43. The maximum absolute atomic E-state index is 11.8. The fourth-order valence-corrected chi connectivity index (χ4v) is 1.25. The van der Waals surface area contributed by atoms with Crippen molar-refractivity contribution in [3.05, 3.63) is 29.0 Å². The number of rotatable bonds is 3. The summed E-state index contributed by atoms with van der Waals surface area (Å²) in [6, 6.07) is 1.99. The summed E-state index contributed by atoms with van der Waals surface area (Å²) in [5, 5.41) is 8.97. The summed E-state index contributed by atoms with van der Waals surface area (Å²) in [5.74, 6) is -1.46. The van der Waals surface area contributed by atoms with E-state index < -0.39 is 17.9 Å². The van der Waals surface area contributed by atoms with Crippen LogP contribution in [0, 0.1) is 0 Å². The minimum absolute atomic E-state index is 0.197. The predicted molar refractivity (Wildman–Crippen MR) is 58.4 cm³/mol. The van der Waals surface area contributed by atoms with Crippen LogP contribution in [0.15, 0.2) is 18.3 Å². The van der Waals surface area contributed by atoms with Gasteiger partial charge in [-0.1, -0.05) is 11.6 Å². The summed E-state index contributed by atoms with van der Waals surface area (Å²) in [6.07, 6.45) is 1.40. The van der Waals surface area contributed by atoms with E-state index in [1.54, 1.807) is 0 Å². The molecular formula is C10H11ClN2O3. The van der Waals surface area contributed by atoms with Gasteiger partial charge >= 0.3 is 5.97 Å². The van der Waals surface area contributed by atoms with Crippen molar-refractivity contribution in [2.75, 3.05) is 7.05 Å². The molecule has 1 rings (SSSR count). The summed E-state index contributed by atoms with van der Waals surface area (Å²) in [5.41, 5.74) is 0.315. The second-order valence-electron chi connectivity index (χ2n) is 3.30. The highest BCUT2D eigenvalue weighted by Crippen LogP contribution is 2.10. The smallest absolute Gasteiger partial charge is 0.326 e. The number of halogens is 1. The van der Waals surface area contributed by atoms with Crippen molar-refractivity contribution in [2.24, 2.45) is 0 Å². The lowest BCUT2D eigenvalue weighted by molar-refractivity contribution is -0.141. The summed E-state index contributed by atoms with van der Waals surface area (Å²) in [4.78, 5) is 27.4. The summed E-state index contributed by atoms with van der Waals surface area (Å²) in [7, 11) is 1.43. The second kappa shape index (κ2) is 4.94. The molecule has 0 bridgehead atoms. The van der Waals surface area contributed by atoms with E-state index in [0.29, 0.717) is 5.56 Å². The van der Waals surface area contributed by atoms with Crippen molar-refractivity contribution in [3.8, 4) is 0 Å². The van der Waals surface area contributed by atoms with Gasteiger partial charge in [0.15, 0.2) is 0 Å². The number of likely N-dealkylation sites (N-methyl/N-ethyl adjacent to an activating group) is 1. The van der Waals surface area contributed by atoms with Gasteiger partial charge in [0.25, 0.3) is 5.91 Å². The number of aliphatic carboxylic acids is 1. The van der Waals surface area contributed by atoms with Crippen LogP contribution in [-0.4, -0.2) is 40.0 Å². The lowest BCUT2D eigenvalue weighted by Crippen LogP contribution is -2.40. The molecule has 1 aromatic heterocycles. The van der Waals surface area contributed by atoms with Crippen LogP contribution in [-0.2, 0) is 4.79 Å². The largest absolute Gasteiger partial charge is 0.480 e. The Morgan fingerprint density at radius 1 is 1.56 bits per heavy atom. The Kier molecular flexibility index (Phi) is 3.84. The molecule has 1 amide bonds. The molecule has 0 saturated heterocycles. The standard InChI is InChI=1S/C10H11ClN2O3/c1-6(10(15)16)13(2)9(14)7-3-4-12-8(11)5-7/h3-6H,1-2H3,(H,15,16). The predicted octanol–water partition coefficient (Wildman–Crippen LogP) is 1.28. The molecule has 1 N–H and O–H groups in total. The van der Waals surface area contributed by atoms with Gasteiger partial charge in [-0.05, 0) is 19.1 Å². The Labute approximate surface area is 97.7 Å². The average Bonchev–Trinajstić information content (AvgIpc) is 2.26. The van der Waals surface area contributed by atoms with Gasteiger partial charge in [0.2, 0.25) is 0 Å². The van der Waals surface area contributed by atoms with E-state index in [1.807, 2.05) is 0 Å². The van der Waals surface area contributed by atoms with Crippen molar-refractivity contribution in [3.63, 3.8) is 0 Å². The lowest BCUT2D eigenvalue weighted by Gasteiger charge is -2.21. The highest BCUT2D eigenvalue weighted by Gasteiger charge is 2.22. The maximum atomic E-state index is 11.8. The Bertz CT molecular complexity index is 422. The lowest BCUT2D eigenvalue weighted by atomic mass is 10.2. The van der Waals surface area contributed by atoms with E-state index in [9.17, 15) is 9.59 Å². The van der Waals surface area contributed by atoms with Crippen LogP contribution in [0.2, 0.25) is 5.15 Å². The number of carboxylic acid groups (broad SMARTS) is 1. The number of nitrogens with zero attached hydrogens (tertiary/aromatic N) is 2. The molecule has 0 spiro atoms. The van der Waals surface area contributed by atoms with E-state index in [-0.39, 0.29) is 5.15 Å². The van der Waals surface area contributed by atoms with Gasteiger partial charge in [0.05, 0.1) is 0 Å². The van der Waals surface area contributed by atoms with Gasteiger partial charge in [0.1, 0.15) is 11.2 Å². The normalized spacial score (nSPS) is 11.9. The molecule has 16 heavy (non-hydrogen) atoms. The van der Waals surface area contributed by atoms with Crippen LogP contribution in [0.1, 0.15) is 17.3 Å². The molecule has 6 heteroatoms. The number of carboxylic acids is 1. The molecule has 0 aliphatic heterocycles. The highest BCUT2D eigenvalue weighted by atomic mass is 35.5. The van der Waals surface area contributed by atoms with Crippen LogP contribution in [0.3, 0.4) is 0 Å². The fourth-order valence-electron chi connectivity index (χ4n) is 1.08. The molecule has 5 nitrogen and oxygen atoms in total. The highest BCUT2D eigenvalue weighted by molar-refractivity contribution is 6.29. The van der Waals surface area contributed by atoms with Gasteiger partial charge in [-0.2, -0.15) is 0 Å². The minimum Gasteiger partial charge on any atom is -0.480 e. The van der Waals surface area contributed by atoms with Gasteiger partial charge in [-0.3, -0.25) is 4.79 Å². The topological polar surface area (TPSA) is 70.5 Å². The summed E-state index contributed by atoms with van der Waals surface area (Å²) >= 11 is 5.64. The SMILES string of the molecule is CC(C(=O)O)N(C)C(=O)c1ccnc(Cl)c1. The van der Waals surface area contributed by atoms with Gasteiger partial charge in [-0.15, -0.1) is 0 Å². The van der Waals surface area contributed by atoms with Crippen molar-refractivity contribution in [1.82, 2.24) is 9.88 Å². The van der Waals surface area contributed by atoms with E-state index >= 15 is 0 Å². The minimum atomic E-state index is -1.06. The molecule has 86 valence electrons. The van der Waals surface area contributed by atoms with Crippen molar-refractivity contribution in [2.45, 2.75) is 13.0 Å². The first kappa shape index (κ1) is 12.4. The van der Waals surface area contributed by atoms with E-state index in [0.717, 1.165) is 4.90 Å². The van der Waals surface area contributed by atoms with E-state index in [2.05, 4.69) is 4.98 Å². The zero-order valence-corrected chi connectivity index (χ0v) is 9.60. The van der Waals surface area contributed by atoms with Gasteiger partial charge < -0.3 is 10.0 Å². The average molecular weight is 243 g/mol. The Morgan fingerprint density at radius 3 is 2.69 bits per heavy atom. The second-order valence-corrected chi connectivity index (χ2v) is 3.68. The molecule has 0 aliphatic carbocycles. The Morgan fingerprint density at radius 2 is 2.19 bits per heavy atom. The molecular weight excluding hydrogens is 232 g/mol. The van der Waals surface area contributed by atoms with Gasteiger partial charge in [0, 0.05) is 18.8 Å². The number of aromatic nitrogens is 1. The zero-order valence-electron chi connectivity index (χ0n) is 8.85. The van der Waals surface area contributed by atoms with Gasteiger partial charge in [-0.25, -0.2) is 9.78 Å². The molecule has 1 aromatic rings. The molecule has 0 saturated carbocycles. The zero-order chi connectivity index (χ0) is 12.3. The third-order valence-electron chi connectivity index (χ3n) is 2.23. The number of hydrogen-bond acceptors (Lipinski definition) is 3. The molecule has 1 heterocycles. The first-order valence-electron chi connectivity index (χ1n) is 4.55. The molecule has 1 atom stereocenters. The molecule has 0 aliphatic rings. The van der Waals surface area contributed by atoms with Crippen molar-refractivity contribution in [1.29, 1.82) is 0 Å². The van der Waals surface area contributed by atoms with Crippen LogP contribution in [0.25, 0.3) is 0 Å². The third kappa shape index (κ3) is 2.70. The first-order chi connectivity index (χ1) is 7.43. The molecule has 0 aromatic carbocycles. The third-order valence-corrected chi connectivity index (χ3v) is 2.44. The fraction of sp³-hybridized carbons (Fsp3) is 0.300. The van der Waals surface area contributed by atoms with Crippen LogP contribution < -0.4 is 0 Å². The Balaban J connectivity index is 2.90. The maximum Gasteiger partial charge on any atom is 0.326 e. The number of pyridine rings is 1. The van der Waals surface area contributed by atoms with Crippen molar-refractivity contribution < 1.29 is 14.7 Å². The molecule has 0 fully saturated rings.